The summed E-state index contributed by atoms with van der Waals surface area (Å²) in [5.41, 5.74) is 5.99. The van der Waals surface area contributed by atoms with Gasteiger partial charge in [-0.2, -0.15) is 0 Å². The van der Waals surface area contributed by atoms with Gasteiger partial charge in [0.2, 0.25) is 0 Å². The van der Waals surface area contributed by atoms with Gasteiger partial charge in [-0.3, -0.25) is 0 Å². The molecule has 0 saturated carbocycles. The van der Waals surface area contributed by atoms with Crippen molar-refractivity contribution in [3.63, 3.8) is 0 Å². The Labute approximate surface area is 76.3 Å². The number of nitrogens with two attached hydrogens (primary N) is 1. The van der Waals surface area contributed by atoms with Crippen LogP contribution in [0.4, 0.5) is 4.39 Å². The highest BCUT2D eigenvalue weighted by atomic mass is 35.5. The van der Waals surface area contributed by atoms with Crippen LogP contribution < -0.4 is 5.73 Å². The van der Waals surface area contributed by atoms with E-state index in [1.54, 1.807) is 12.1 Å². The monoisotopic (exact) mass is 187 g/mol. The fraction of sp³-hybridized carbons (Fsp3) is 0.333. The Bertz CT molecular complexity index is 263. The van der Waals surface area contributed by atoms with E-state index in [4.69, 9.17) is 17.3 Å². The molecule has 0 unspecified atom stereocenters. The largest absolute Gasteiger partial charge is 0.330 e. The van der Waals surface area contributed by atoms with E-state index < -0.39 is 0 Å². The molecule has 0 aliphatic rings. The van der Waals surface area contributed by atoms with Crippen LogP contribution in [-0.4, -0.2) is 6.54 Å². The van der Waals surface area contributed by atoms with Crippen molar-refractivity contribution in [2.45, 2.75) is 12.8 Å². The predicted molar refractivity (Wildman–Crippen MR) is 48.8 cm³/mol. The molecule has 1 aromatic carbocycles. The second-order valence-electron chi connectivity index (χ2n) is 2.63. The van der Waals surface area contributed by atoms with Gasteiger partial charge in [-0.15, -0.1) is 0 Å². The summed E-state index contributed by atoms with van der Waals surface area (Å²) in [7, 11) is 0. The molecule has 0 amide bonds. The van der Waals surface area contributed by atoms with Crippen molar-refractivity contribution < 1.29 is 4.39 Å². The number of halogens is 2. The van der Waals surface area contributed by atoms with Crippen LogP contribution in [0.25, 0.3) is 0 Å². The van der Waals surface area contributed by atoms with E-state index in [1.807, 2.05) is 0 Å². The Morgan fingerprint density at radius 3 is 2.75 bits per heavy atom. The van der Waals surface area contributed by atoms with Crippen molar-refractivity contribution in [2.24, 2.45) is 5.73 Å². The molecule has 0 bridgehead atoms. The normalized spacial score (nSPS) is 10.2. The topological polar surface area (TPSA) is 26.0 Å². The zero-order valence-electron chi connectivity index (χ0n) is 6.69. The van der Waals surface area contributed by atoms with Crippen LogP contribution in [0.3, 0.4) is 0 Å². The van der Waals surface area contributed by atoms with Gasteiger partial charge in [0.1, 0.15) is 5.82 Å². The lowest BCUT2D eigenvalue weighted by molar-refractivity contribution is 0.605. The molecule has 0 spiro atoms. The molecule has 0 aliphatic heterocycles. The number of rotatable bonds is 3. The summed E-state index contributed by atoms with van der Waals surface area (Å²) in [6.45, 7) is 0.585. The average molecular weight is 188 g/mol. The summed E-state index contributed by atoms with van der Waals surface area (Å²) in [4.78, 5) is 0. The van der Waals surface area contributed by atoms with E-state index in [9.17, 15) is 4.39 Å². The van der Waals surface area contributed by atoms with Crippen LogP contribution in [0, 0.1) is 5.82 Å². The summed E-state index contributed by atoms with van der Waals surface area (Å²) < 4.78 is 13.0. The van der Waals surface area contributed by atoms with Crippen molar-refractivity contribution in [3.05, 3.63) is 34.6 Å². The summed E-state index contributed by atoms with van der Waals surface area (Å²) in [6.07, 6.45) is 1.48. The Morgan fingerprint density at radius 2 is 2.17 bits per heavy atom. The second-order valence-corrected chi connectivity index (χ2v) is 3.06. The highest BCUT2D eigenvalue weighted by molar-refractivity contribution is 6.30. The summed E-state index contributed by atoms with van der Waals surface area (Å²) in [5, 5.41) is 0.434. The van der Waals surface area contributed by atoms with E-state index >= 15 is 0 Å². The Morgan fingerprint density at radius 1 is 1.42 bits per heavy atom. The molecule has 0 aliphatic carbocycles. The van der Waals surface area contributed by atoms with Crippen molar-refractivity contribution in [1.29, 1.82) is 0 Å². The molecule has 0 fully saturated rings. The smallest absolute Gasteiger partial charge is 0.127 e. The third-order valence-electron chi connectivity index (χ3n) is 1.67. The van der Waals surface area contributed by atoms with Gasteiger partial charge in [-0.25, -0.2) is 4.39 Å². The minimum atomic E-state index is -0.240. The lowest BCUT2D eigenvalue weighted by Gasteiger charge is -2.01. The first-order chi connectivity index (χ1) is 5.74. The molecular formula is C9H11ClFN. The Hall–Kier alpha value is -0.600. The van der Waals surface area contributed by atoms with Crippen LogP contribution in [0.5, 0.6) is 0 Å². The van der Waals surface area contributed by atoms with Crippen molar-refractivity contribution in [3.8, 4) is 0 Å². The number of benzene rings is 1. The second kappa shape index (κ2) is 4.43. The van der Waals surface area contributed by atoms with Gasteiger partial charge in [0.25, 0.3) is 0 Å². The first kappa shape index (κ1) is 9.49. The molecule has 2 N–H and O–H groups in total. The molecule has 1 nitrogen and oxygen atoms in total. The SMILES string of the molecule is NCCCc1ccc(Cl)cc1F. The first-order valence-electron chi connectivity index (χ1n) is 3.88. The standard InChI is InChI=1S/C9H11ClFN/c10-8-4-3-7(2-1-5-12)9(11)6-8/h3-4,6H,1-2,5,12H2. The fourth-order valence-electron chi connectivity index (χ4n) is 1.02. The molecule has 12 heavy (non-hydrogen) atoms. The van der Waals surface area contributed by atoms with E-state index in [0.29, 0.717) is 23.6 Å². The van der Waals surface area contributed by atoms with Crippen LogP contribution in [-0.2, 0) is 6.42 Å². The molecule has 0 radical (unpaired) electrons. The predicted octanol–water partition coefficient (Wildman–Crippen LogP) is 2.37. The number of hydrogen-bond donors (Lipinski definition) is 1. The summed E-state index contributed by atoms with van der Waals surface area (Å²) >= 11 is 5.59. The van der Waals surface area contributed by atoms with Gasteiger partial charge < -0.3 is 5.73 Å². The fourth-order valence-corrected chi connectivity index (χ4v) is 1.18. The van der Waals surface area contributed by atoms with Crippen molar-refractivity contribution in [2.75, 3.05) is 6.54 Å². The highest BCUT2D eigenvalue weighted by Gasteiger charge is 2.01. The molecule has 0 saturated heterocycles. The maximum Gasteiger partial charge on any atom is 0.127 e. The van der Waals surface area contributed by atoms with Crippen LogP contribution in [0.1, 0.15) is 12.0 Å². The van der Waals surface area contributed by atoms with Gasteiger partial charge in [-0.05, 0) is 37.1 Å². The van der Waals surface area contributed by atoms with Gasteiger partial charge in [0, 0.05) is 5.02 Å². The van der Waals surface area contributed by atoms with Crippen molar-refractivity contribution >= 4 is 11.6 Å². The molecule has 1 rings (SSSR count). The number of aryl methyl sites for hydroxylation is 1. The molecule has 0 aromatic heterocycles. The zero-order valence-corrected chi connectivity index (χ0v) is 7.44. The van der Waals surface area contributed by atoms with Gasteiger partial charge in [0.05, 0.1) is 0 Å². The van der Waals surface area contributed by atoms with Crippen LogP contribution in [0.15, 0.2) is 18.2 Å². The third-order valence-corrected chi connectivity index (χ3v) is 1.90. The van der Waals surface area contributed by atoms with Crippen molar-refractivity contribution in [1.82, 2.24) is 0 Å². The minimum Gasteiger partial charge on any atom is -0.330 e. The quantitative estimate of drug-likeness (QED) is 0.773. The molecule has 0 heterocycles. The Kier molecular flexibility index (Phi) is 3.50. The van der Waals surface area contributed by atoms with Gasteiger partial charge in [-0.1, -0.05) is 17.7 Å². The van der Waals surface area contributed by atoms with Gasteiger partial charge in [0.15, 0.2) is 0 Å². The maximum atomic E-state index is 13.0. The zero-order chi connectivity index (χ0) is 8.97. The van der Waals surface area contributed by atoms with E-state index in [0.717, 1.165) is 6.42 Å². The summed E-state index contributed by atoms with van der Waals surface area (Å²) in [5.74, 6) is -0.240. The van der Waals surface area contributed by atoms with E-state index in [-0.39, 0.29) is 5.82 Å². The lowest BCUT2D eigenvalue weighted by atomic mass is 10.1. The third kappa shape index (κ3) is 2.47. The van der Waals surface area contributed by atoms with E-state index in [2.05, 4.69) is 0 Å². The van der Waals surface area contributed by atoms with E-state index in [1.165, 1.54) is 6.07 Å². The molecular weight excluding hydrogens is 177 g/mol. The minimum absolute atomic E-state index is 0.240. The Balaban J connectivity index is 2.72. The van der Waals surface area contributed by atoms with Crippen LogP contribution >= 0.6 is 11.6 Å². The first-order valence-corrected chi connectivity index (χ1v) is 4.26. The van der Waals surface area contributed by atoms with Gasteiger partial charge >= 0.3 is 0 Å². The average Bonchev–Trinajstić information content (AvgIpc) is 2.03. The lowest BCUT2D eigenvalue weighted by Crippen LogP contribution is -2.01. The maximum absolute atomic E-state index is 13.0. The summed E-state index contributed by atoms with van der Waals surface area (Å²) in [6, 6.07) is 4.72. The molecule has 1 aromatic rings. The highest BCUT2D eigenvalue weighted by Crippen LogP contribution is 2.15. The van der Waals surface area contributed by atoms with Crippen LogP contribution in [0.2, 0.25) is 5.02 Å². The molecule has 0 atom stereocenters. The number of hydrogen-bond acceptors (Lipinski definition) is 1. The molecule has 66 valence electrons. The molecule has 3 heteroatoms.